The summed E-state index contributed by atoms with van der Waals surface area (Å²) in [6.45, 7) is 1.24. The Bertz CT molecular complexity index is 325. The standard InChI is InChI=1S/C10H15N3O/c1-13(7-6-11)9-5-3-2-4-8(9)10(12)14/h2-5H,6-7,11H2,1H3,(H2,12,14). The Morgan fingerprint density at radius 1 is 1.43 bits per heavy atom. The lowest BCUT2D eigenvalue weighted by Crippen LogP contribution is -2.27. The van der Waals surface area contributed by atoms with E-state index in [4.69, 9.17) is 11.5 Å². The molecule has 0 heterocycles. The van der Waals surface area contributed by atoms with E-state index in [0.717, 1.165) is 5.69 Å². The third-order valence-corrected chi connectivity index (χ3v) is 2.05. The van der Waals surface area contributed by atoms with Crippen LogP contribution in [0, 0.1) is 0 Å². The molecule has 0 saturated heterocycles. The number of benzene rings is 1. The maximum atomic E-state index is 11.1. The number of para-hydroxylation sites is 1. The monoisotopic (exact) mass is 193 g/mol. The van der Waals surface area contributed by atoms with Crippen LogP contribution in [0.5, 0.6) is 0 Å². The molecule has 0 unspecified atom stereocenters. The van der Waals surface area contributed by atoms with Gasteiger partial charge in [-0.25, -0.2) is 0 Å². The van der Waals surface area contributed by atoms with Gasteiger partial charge in [-0.3, -0.25) is 4.79 Å². The molecule has 1 rings (SSSR count). The van der Waals surface area contributed by atoms with Crippen LogP contribution in [-0.4, -0.2) is 26.0 Å². The summed E-state index contributed by atoms with van der Waals surface area (Å²) < 4.78 is 0. The molecule has 0 saturated carbocycles. The molecule has 4 heteroatoms. The lowest BCUT2D eigenvalue weighted by molar-refractivity contribution is 0.100. The van der Waals surface area contributed by atoms with Gasteiger partial charge in [0.1, 0.15) is 0 Å². The highest BCUT2D eigenvalue weighted by molar-refractivity contribution is 5.98. The molecule has 4 nitrogen and oxygen atoms in total. The van der Waals surface area contributed by atoms with Gasteiger partial charge in [-0.15, -0.1) is 0 Å². The molecule has 0 fully saturated rings. The summed E-state index contributed by atoms with van der Waals surface area (Å²) >= 11 is 0. The number of amides is 1. The molecule has 76 valence electrons. The second kappa shape index (κ2) is 4.62. The van der Waals surface area contributed by atoms with Crippen LogP contribution in [0.1, 0.15) is 10.4 Å². The topological polar surface area (TPSA) is 72.3 Å². The van der Waals surface area contributed by atoms with Gasteiger partial charge in [0.2, 0.25) is 0 Å². The quantitative estimate of drug-likeness (QED) is 0.716. The van der Waals surface area contributed by atoms with Gasteiger partial charge in [-0.2, -0.15) is 0 Å². The minimum atomic E-state index is -0.413. The Morgan fingerprint density at radius 2 is 2.07 bits per heavy atom. The van der Waals surface area contributed by atoms with Crippen molar-refractivity contribution in [3.63, 3.8) is 0 Å². The zero-order valence-corrected chi connectivity index (χ0v) is 8.23. The van der Waals surface area contributed by atoms with Crippen LogP contribution in [0.15, 0.2) is 24.3 Å². The number of likely N-dealkylation sites (N-methyl/N-ethyl adjacent to an activating group) is 1. The summed E-state index contributed by atoms with van der Waals surface area (Å²) in [4.78, 5) is 13.0. The van der Waals surface area contributed by atoms with Gasteiger partial charge in [0.15, 0.2) is 0 Å². The van der Waals surface area contributed by atoms with Crippen molar-refractivity contribution >= 4 is 11.6 Å². The minimum Gasteiger partial charge on any atom is -0.373 e. The van der Waals surface area contributed by atoms with Crippen LogP contribution >= 0.6 is 0 Å². The molecule has 0 bridgehead atoms. The van der Waals surface area contributed by atoms with Gasteiger partial charge in [0.25, 0.3) is 5.91 Å². The highest BCUT2D eigenvalue weighted by Crippen LogP contribution is 2.17. The Kier molecular flexibility index (Phi) is 3.48. The fourth-order valence-corrected chi connectivity index (χ4v) is 1.33. The minimum absolute atomic E-state index is 0.413. The van der Waals surface area contributed by atoms with Gasteiger partial charge < -0.3 is 16.4 Å². The molecule has 0 aliphatic carbocycles. The van der Waals surface area contributed by atoms with Crippen LogP contribution in [0.4, 0.5) is 5.69 Å². The van der Waals surface area contributed by atoms with Gasteiger partial charge >= 0.3 is 0 Å². The summed E-state index contributed by atoms with van der Waals surface area (Å²) in [6.07, 6.45) is 0. The molecule has 0 atom stereocenters. The average molecular weight is 193 g/mol. The molecule has 0 spiro atoms. The van der Waals surface area contributed by atoms with E-state index in [2.05, 4.69) is 0 Å². The zero-order valence-electron chi connectivity index (χ0n) is 8.23. The lowest BCUT2D eigenvalue weighted by atomic mass is 10.1. The van der Waals surface area contributed by atoms with Gasteiger partial charge in [-0.1, -0.05) is 12.1 Å². The second-order valence-electron chi connectivity index (χ2n) is 3.09. The Labute approximate surface area is 83.5 Å². The van der Waals surface area contributed by atoms with Crippen molar-refractivity contribution in [2.24, 2.45) is 11.5 Å². The first kappa shape index (κ1) is 10.5. The SMILES string of the molecule is CN(CCN)c1ccccc1C(N)=O. The molecule has 0 aliphatic heterocycles. The molecular weight excluding hydrogens is 178 g/mol. The van der Waals surface area contributed by atoms with E-state index >= 15 is 0 Å². The fourth-order valence-electron chi connectivity index (χ4n) is 1.33. The Balaban J connectivity index is 3.00. The highest BCUT2D eigenvalue weighted by Gasteiger charge is 2.09. The van der Waals surface area contributed by atoms with Crippen molar-refractivity contribution < 1.29 is 4.79 Å². The summed E-state index contributed by atoms with van der Waals surface area (Å²) in [5, 5.41) is 0. The second-order valence-corrected chi connectivity index (χ2v) is 3.09. The summed E-state index contributed by atoms with van der Waals surface area (Å²) in [5.74, 6) is -0.413. The predicted octanol–water partition coefficient (Wildman–Crippen LogP) is 0.180. The third kappa shape index (κ3) is 2.23. The number of nitrogens with two attached hydrogens (primary N) is 2. The number of rotatable bonds is 4. The first-order valence-corrected chi connectivity index (χ1v) is 4.47. The van der Waals surface area contributed by atoms with E-state index in [-0.39, 0.29) is 0 Å². The number of primary amides is 1. The van der Waals surface area contributed by atoms with Crippen molar-refractivity contribution in [1.82, 2.24) is 0 Å². The Hall–Kier alpha value is -1.55. The lowest BCUT2D eigenvalue weighted by Gasteiger charge is -2.20. The number of hydrogen-bond donors (Lipinski definition) is 2. The number of carbonyl (C=O) groups is 1. The van der Waals surface area contributed by atoms with E-state index in [0.29, 0.717) is 18.7 Å². The van der Waals surface area contributed by atoms with E-state index in [1.54, 1.807) is 12.1 Å². The Morgan fingerprint density at radius 3 is 2.64 bits per heavy atom. The molecule has 4 N–H and O–H groups in total. The van der Waals surface area contributed by atoms with Crippen LogP contribution in [0.25, 0.3) is 0 Å². The number of nitrogens with zero attached hydrogens (tertiary/aromatic N) is 1. The molecule has 0 aliphatic rings. The van der Waals surface area contributed by atoms with Crippen LogP contribution in [0.2, 0.25) is 0 Å². The van der Waals surface area contributed by atoms with E-state index < -0.39 is 5.91 Å². The maximum Gasteiger partial charge on any atom is 0.250 e. The van der Waals surface area contributed by atoms with E-state index in [1.807, 2.05) is 24.1 Å². The first-order valence-electron chi connectivity index (χ1n) is 4.47. The fraction of sp³-hybridized carbons (Fsp3) is 0.300. The average Bonchev–Trinajstić information content (AvgIpc) is 2.18. The van der Waals surface area contributed by atoms with E-state index in [9.17, 15) is 4.79 Å². The van der Waals surface area contributed by atoms with Crippen LogP contribution in [-0.2, 0) is 0 Å². The largest absolute Gasteiger partial charge is 0.373 e. The normalized spacial score (nSPS) is 9.86. The van der Waals surface area contributed by atoms with Gasteiger partial charge in [0, 0.05) is 25.8 Å². The smallest absolute Gasteiger partial charge is 0.250 e. The summed E-state index contributed by atoms with van der Waals surface area (Å²) in [7, 11) is 1.88. The van der Waals surface area contributed by atoms with Crippen LogP contribution < -0.4 is 16.4 Å². The van der Waals surface area contributed by atoms with E-state index in [1.165, 1.54) is 0 Å². The number of hydrogen-bond acceptors (Lipinski definition) is 3. The third-order valence-electron chi connectivity index (χ3n) is 2.05. The maximum absolute atomic E-state index is 11.1. The zero-order chi connectivity index (χ0) is 10.6. The predicted molar refractivity (Wildman–Crippen MR) is 57.3 cm³/mol. The van der Waals surface area contributed by atoms with Crippen molar-refractivity contribution in [3.8, 4) is 0 Å². The molecule has 1 aromatic rings. The van der Waals surface area contributed by atoms with Crippen LogP contribution in [0.3, 0.4) is 0 Å². The van der Waals surface area contributed by atoms with Gasteiger partial charge in [-0.05, 0) is 12.1 Å². The molecule has 0 radical (unpaired) electrons. The molecule has 14 heavy (non-hydrogen) atoms. The number of anilines is 1. The molecular formula is C10H15N3O. The number of carbonyl (C=O) groups excluding carboxylic acids is 1. The van der Waals surface area contributed by atoms with Crippen molar-refractivity contribution in [2.75, 3.05) is 25.0 Å². The van der Waals surface area contributed by atoms with Gasteiger partial charge in [0.05, 0.1) is 5.56 Å². The van der Waals surface area contributed by atoms with Crippen molar-refractivity contribution in [1.29, 1.82) is 0 Å². The molecule has 1 amide bonds. The van der Waals surface area contributed by atoms with Crippen molar-refractivity contribution in [2.45, 2.75) is 0 Å². The summed E-state index contributed by atoms with van der Waals surface area (Å²) in [5.41, 5.74) is 12.0. The first-order chi connectivity index (χ1) is 6.66. The molecule has 0 aromatic heterocycles. The highest BCUT2D eigenvalue weighted by atomic mass is 16.1. The summed E-state index contributed by atoms with van der Waals surface area (Å²) in [6, 6.07) is 7.23. The molecule has 1 aromatic carbocycles. The van der Waals surface area contributed by atoms with Crippen molar-refractivity contribution in [3.05, 3.63) is 29.8 Å².